The third kappa shape index (κ3) is 2.81. The number of aromatic nitrogens is 2. The SMILES string of the molecule is CS(=O)(=O)OCc1cc2c(s1)c(I)nn2C(=O)O. The summed E-state index contributed by atoms with van der Waals surface area (Å²) >= 11 is 3.19. The second-order valence-electron chi connectivity index (χ2n) is 3.38. The Bertz CT molecular complexity index is 717. The summed E-state index contributed by atoms with van der Waals surface area (Å²) in [6.07, 6.45) is -0.223. The highest BCUT2D eigenvalue weighted by Gasteiger charge is 2.17. The van der Waals surface area contributed by atoms with E-state index < -0.39 is 16.2 Å². The van der Waals surface area contributed by atoms with Gasteiger partial charge in [0, 0.05) is 4.88 Å². The zero-order valence-corrected chi connectivity index (χ0v) is 12.7. The number of hydrogen-bond acceptors (Lipinski definition) is 6. The van der Waals surface area contributed by atoms with Crippen LogP contribution in [0.4, 0.5) is 4.79 Å². The van der Waals surface area contributed by atoms with Crippen molar-refractivity contribution in [2.75, 3.05) is 6.26 Å². The molecule has 2 aromatic rings. The van der Waals surface area contributed by atoms with Gasteiger partial charge in [-0.05, 0) is 28.7 Å². The number of thiophene rings is 1. The van der Waals surface area contributed by atoms with Gasteiger partial charge in [0.2, 0.25) is 0 Å². The molecule has 2 aromatic heterocycles. The minimum absolute atomic E-state index is 0.103. The van der Waals surface area contributed by atoms with Gasteiger partial charge in [-0.2, -0.15) is 18.2 Å². The van der Waals surface area contributed by atoms with Gasteiger partial charge in [-0.1, -0.05) is 0 Å². The quantitative estimate of drug-likeness (QED) is 0.620. The van der Waals surface area contributed by atoms with Crippen LogP contribution in [0.5, 0.6) is 0 Å². The van der Waals surface area contributed by atoms with Crippen molar-refractivity contribution in [2.24, 2.45) is 0 Å². The molecule has 1 N–H and O–H groups in total. The Morgan fingerprint density at radius 2 is 2.33 bits per heavy atom. The van der Waals surface area contributed by atoms with Gasteiger partial charge in [0.05, 0.1) is 16.5 Å². The zero-order chi connectivity index (χ0) is 13.5. The number of fused-ring (bicyclic) bond motifs is 1. The molecule has 0 saturated heterocycles. The molecule has 0 aliphatic heterocycles. The van der Waals surface area contributed by atoms with E-state index in [2.05, 4.69) is 9.28 Å². The molecule has 0 aromatic carbocycles. The molecule has 0 aliphatic carbocycles. The van der Waals surface area contributed by atoms with E-state index in [9.17, 15) is 13.2 Å². The van der Waals surface area contributed by atoms with Crippen LogP contribution in [-0.4, -0.2) is 35.7 Å². The molecule has 0 amide bonds. The molecule has 10 heteroatoms. The summed E-state index contributed by atoms with van der Waals surface area (Å²) in [6.45, 7) is -0.103. The maximum absolute atomic E-state index is 10.9. The smallest absolute Gasteiger partial charge is 0.432 e. The highest BCUT2D eigenvalue weighted by atomic mass is 127. The number of carboxylic acid groups (broad SMARTS) is 1. The van der Waals surface area contributed by atoms with Crippen LogP contribution < -0.4 is 0 Å². The average molecular weight is 402 g/mol. The fourth-order valence-electron chi connectivity index (χ4n) is 1.31. The summed E-state index contributed by atoms with van der Waals surface area (Å²) in [7, 11) is -3.51. The van der Waals surface area contributed by atoms with Gasteiger partial charge in [-0.25, -0.2) is 4.79 Å². The van der Waals surface area contributed by atoms with Gasteiger partial charge in [0.25, 0.3) is 10.1 Å². The molecule has 0 atom stereocenters. The van der Waals surface area contributed by atoms with E-state index in [-0.39, 0.29) is 6.61 Å². The number of carbonyl (C=O) groups is 1. The van der Waals surface area contributed by atoms with Gasteiger partial charge in [-0.15, -0.1) is 11.3 Å². The van der Waals surface area contributed by atoms with Crippen LogP contribution >= 0.6 is 33.9 Å². The molecule has 0 saturated carbocycles. The molecule has 0 radical (unpaired) electrons. The minimum atomic E-state index is -3.51. The Kier molecular flexibility index (Phi) is 3.62. The fraction of sp³-hybridized carbons (Fsp3) is 0.250. The molecule has 2 heterocycles. The summed E-state index contributed by atoms with van der Waals surface area (Å²) in [6, 6.07) is 1.56. The molecule has 18 heavy (non-hydrogen) atoms. The molecule has 0 unspecified atom stereocenters. The summed E-state index contributed by atoms with van der Waals surface area (Å²) in [5.41, 5.74) is 0.434. The summed E-state index contributed by atoms with van der Waals surface area (Å²) in [5, 5.41) is 12.8. The molecule has 0 bridgehead atoms. The van der Waals surface area contributed by atoms with Crippen molar-refractivity contribution in [1.82, 2.24) is 9.78 Å². The Labute approximate surface area is 120 Å². The Balaban J connectivity index is 2.39. The number of rotatable bonds is 3. The fourth-order valence-corrected chi connectivity index (χ4v) is 3.47. The van der Waals surface area contributed by atoms with Crippen LogP contribution in [0, 0.1) is 3.70 Å². The van der Waals surface area contributed by atoms with Crippen molar-refractivity contribution in [3.8, 4) is 0 Å². The van der Waals surface area contributed by atoms with Gasteiger partial charge < -0.3 is 5.11 Å². The lowest BCUT2D eigenvalue weighted by Crippen LogP contribution is -2.09. The van der Waals surface area contributed by atoms with Crippen molar-refractivity contribution < 1.29 is 22.5 Å². The predicted octanol–water partition coefficient (Wildman–Crippen LogP) is 1.70. The third-order valence-corrected chi connectivity index (χ3v) is 4.73. The lowest BCUT2D eigenvalue weighted by molar-refractivity contribution is 0.194. The Hall–Kier alpha value is -0.720. The number of halogens is 1. The topological polar surface area (TPSA) is 98.5 Å². The van der Waals surface area contributed by atoms with E-state index >= 15 is 0 Å². The second kappa shape index (κ2) is 4.75. The first-order valence-corrected chi connectivity index (χ1v) is 8.24. The van der Waals surface area contributed by atoms with Crippen molar-refractivity contribution in [3.05, 3.63) is 14.6 Å². The van der Waals surface area contributed by atoms with E-state index in [1.54, 1.807) is 6.07 Å². The van der Waals surface area contributed by atoms with Crippen LogP contribution in [-0.2, 0) is 20.9 Å². The summed E-state index contributed by atoms with van der Waals surface area (Å²) < 4.78 is 28.5. The lowest BCUT2D eigenvalue weighted by atomic mass is 10.4. The van der Waals surface area contributed by atoms with Crippen LogP contribution in [0.1, 0.15) is 4.88 Å². The first-order chi connectivity index (χ1) is 8.28. The molecule has 98 valence electrons. The molecule has 0 spiro atoms. The maximum Gasteiger partial charge on any atom is 0.432 e. The maximum atomic E-state index is 10.9. The van der Waals surface area contributed by atoms with Gasteiger partial charge >= 0.3 is 6.09 Å². The Morgan fingerprint density at radius 1 is 1.67 bits per heavy atom. The van der Waals surface area contributed by atoms with Crippen molar-refractivity contribution in [1.29, 1.82) is 0 Å². The predicted molar refractivity (Wildman–Crippen MR) is 73.4 cm³/mol. The average Bonchev–Trinajstić information content (AvgIpc) is 2.75. The van der Waals surface area contributed by atoms with Gasteiger partial charge in [0.1, 0.15) is 10.3 Å². The molecule has 2 rings (SSSR count). The monoisotopic (exact) mass is 402 g/mol. The summed E-state index contributed by atoms with van der Waals surface area (Å²) in [4.78, 5) is 11.6. The normalized spacial score (nSPS) is 12.1. The van der Waals surface area contributed by atoms with Crippen molar-refractivity contribution >= 4 is 60.4 Å². The van der Waals surface area contributed by atoms with Crippen molar-refractivity contribution in [3.63, 3.8) is 0 Å². The molecular weight excluding hydrogens is 395 g/mol. The molecule has 0 aliphatic rings. The molecular formula is C8H7IN2O5S2. The first-order valence-electron chi connectivity index (χ1n) is 4.52. The number of nitrogens with zero attached hydrogens (tertiary/aromatic N) is 2. The highest BCUT2D eigenvalue weighted by molar-refractivity contribution is 14.1. The largest absolute Gasteiger partial charge is 0.463 e. The summed E-state index contributed by atoms with van der Waals surface area (Å²) in [5.74, 6) is 0. The minimum Gasteiger partial charge on any atom is -0.463 e. The van der Waals surface area contributed by atoms with Gasteiger partial charge in [0.15, 0.2) is 0 Å². The third-order valence-electron chi connectivity index (χ3n) is 1.96. The highest BCUT2D eigenvalue weighted by Crippen LogP contribution is 2.30. The standard InChI is InChI=1S/C8H7IN2O5S2/c1-18(14,15)16-3-4-2-5-6(17-4)7(9)10-11(5)8(12)13/h2H,3H2,1H3,(H,12,13). The van der Waals surface area contributed by atoms with Crippen LogP contribution in [0.3, 0.4) is 0 Å². The van der Waals surface area contributed by atoms with Gasteiger partial charge in [-0.3, -0.25) is 4.18 Å². The van der Waals surface area contributed by atoms with Crippen molar-refractivity contribution in [2.45, 2.75) is 6.61 Å². The van der Waals surface area contributed by atoms with Crippen LogP contribution in [0.15, 0.2) is 6.07 Å². The van der Waals surface area contributed by atoms with Crippen LogP contribution in [0.2, 0.25) is 0 Å². The van der Waals surface area contributed by atoms with E-state index in [4.69, 9.17) is 5.11 Å². The Morgan fingerprint density at radius 3 is 2.89 bits per heavy atom. The zero-order valence-electron chi connectivity index (χ0n) is 8.95. The lowest BCUT2D eigenvalue weighted by Gasteiger charge is -1.97. The molecule has 0 fully saturated rings. The van der Waals surface area contributed by atoms with Crippen LogP contribution in [0.25, 0.3) is 10.2 Å². The molecule has 7 nitrogen and oxygen atoms in total. The van der Waals surface area contributed by atoms with E-state index in [0.29, 0.717) is 18.8 Å². The number of hydrogen-bond donors (Lipinski definition) is 1. The van der Waals surface area contributed by atoms with E-state index in [0.717, 1.165) is 10.9 Å². The second-order valence-corrected chi connectivity index (χ2v) is 7.18. The van der Waals surface area contributed by atoms with E-state index in [1.165, 1.54) is 11.3 Å². The first kappa shape index (κ1) is 13.7. The van der Waals surface area contributed by atoms with E-state index in [1.807, 2.05) is 22.6 Å².